The van der Waals surface area contributed by atoms with Gasteiger partial charge in [0, 0.05) is 44.0 Å². The first-order valence-electron chi connectivity index (χ1n) is 12.5. The van der Waals surface area contributed by atoms with Gasteiger partial charge in [-0.2, -0.15) is 0 Å². The van der Waals surface area contributed by atoms with Crippen LogP contribution in [0.1, 0.15) is 56.6 Å². The Morgan fingerprint density at radius 3 is 2.68 bits per heavy atom. The van der Waals surface area contributed by atoms with Crippen molar-refractivity contribution in [2.75, 3.05) is 26.2 Å². The predicted octanol–water partition coefficient (Wildman–Crippen LogP) is 2.45. The minimum atomic E-state index is -2.67. The van der Waals surface area contributed by atoms with Crippen LogP contribution in [0.25, 0.3) is 0 Å². The van der Waals surface area contributed by atoms with Crippen LogP contribution < -0.4 is 15.8 Å². The van der Waals surface area contributed by atoms with E-state index in [0.29, 0.717) is 26.1 Å². The molecule has 3 heterocycles. The molecule has 0 spiro atoms. The Morgan fingerprint density at radius 1 is 1.12 bits per heavy atom. The highest BCUT2D eigenvalue weighted by Crippen LogP contribution is 2.38. The van der Waals surface area contributed by atoms with E-state index in [1.165, 1.54) is 0 Å². The van der Waals surface area contributed by atoms with Crippen LogP contribution in [0.4, 0.5) is 8.78 Å². The van der Waals surface area contributed by atoms with E-state index in [9.17, 15) is 18.4 Å². The molecule has 0 radical (unpaired) electrons. The zero-order chi connectivity index (χ0) is 23.9. The number of carbonyl (C=O) groups excluding carboxylic acids is 2. The lowest BCUT2D eigenvalue weighted by atomic mass is 9.81. The predicted molar refractivity (Wildman–Crippen MR) is 122 cm³/mol. The number of hydrogen-bond donors (Lipinski definition) is 2. The van der Waals surface area contributed by atoms with Crippen molar-refractivity contribution in [1.82, 2.24) is 15.1 Å². The van der Waals surface area contributed by atoms with Gasteiger partial charge in [0.25, 0.3) is 0 Å². The third kappa shape index (κ3) is 4.64. The van der Waals surface area contributed by atoms with Gasteiger partial charge >= 0.3 is 0 Å². The van der Waals surface area contributed by atoms with Gasteiger partial charge in [-0.3, -0.25) is 14.5 Å². The maximum atomic E-state index is 13.6. The fourth-order valence-corrected chi connectivity index (χ4v) is 6.06. The van der Waals surface area contributed by atoms with Crippen LogP contribution in [0.5, 0.6) is 5.75 Å². The maximum Gasteiger partial charge on any atom is 0.248 e. The van der Waals surface area contributed by atoms with Crippen molar-refractivity contribution >= 4 is 11.8 Å². The molecule has 3 aliphatic heterocycles. The molecule has 0 bridgehead atoms. The zero-order valence-electron chi connectivity index (χ0n) is 19.4. The number of nitrogens with one attached hydrogen (secondary N) is 1. The second-order valence-corrected chi connectivity index (χ2v) is 10.3. The van der Waals surface area contributed by atoms with Crippen LogP contribution in [0.15, 0.2) is 24.3 Å². The Morgan fingerprint density at radius 2 is 1.88 bits per heavy atom. The second kappa shape index (κ2) is 9.41. The van der Waals surface area contributed by atoms with E-state index in [2.05, 4.69) is 10.2 Å². The maximum absolute atomic E-state index is 13.6. The SMILES string of the molecule is N[C@H](C(=O)N1C[C@@H]2CCCN2C[C@H]1C(=O)N[C@@H]1CCOc2ccccc21)C1CCC(F)(F)CC1. The van der Waals surface area contributed by atoms with Crippen molar-refractivity contribution in [2.45, 2.75) is 75.0 Å². The van der Waals surface area contributed by atoms with Crippen molar-refractivity contribution in [3.05, 3.63) is 29.8 Å². The summed E-state index contributed by atoms with van der Waals surface area (Å²) < 4.78 is 33.0. The minimum Gasteiger partial charge on any atom is -0.493 e. The van der Waals surface area contributed by atoms with Crippen molar-refractivity contribution in [2.24, 2.45) is 11.7 Å². The topological polar surface area (TPSA) is 87.9 Å². The highest BCUT2D eigenvalue weighted by Gasteiger charge is 2.45. The monoisotopic (exact) mass is 476 g/mol. The molecule has 1 aromatic rings. The number of benzene rings is 1. The van der Waals surface area contributed by atoms with E-state index >= 15 is 0 Å². The standard InChI is InChI=1S/C25H34F2N4O3/c26-25(27)10-7-16(8-11-25)22(28)24(33)31-14-17-4-3-12-30(17)15-20(31)23(32)29-19-9-13-34-21-6-2-1-5-18(19)21/h1-2,5-6,16-17,19-20,22H,3-4,7-15,28H2,(H,29,32)/t17-,19+,20-,22-/m0/s1. The molecule has 5 rings (SSSR count). The number of ether oxygens (including phenoxy) is 1. The van der Waals surface area contributed by atoms with Crippen molar-refractivity contribution in [1.29, 1.82) is 0 Å². The summed E-state index contributed by atoms with van der Waals surface area (Å²) in [6.45, 7) is 2.36. The van der Waals surface area contributed by atoms with E-state index < -0.39 is 18.0 Å². The molecule has 4 aliphatic rings. The van der Waals surface area contributed by atoms with Gasteiger partial charge in [-0.1, -0.05) is 18.2 Å². The Hall–Kier alpha value is -2.26. The highest BCUT2D eigenvalue weighted by atomic mass is 19.3. The van der Waals surface area contributed by atoms with Crippen LogP contribution in [-0.4, -0.2) is 71.9 Å². The van der Waals surface area contributed by atoms with Crippen molar-refractivity contribution in [3.63, 3.8) is 0 Å². The van der Waals surface area contributed by atoms with Crippen LogP contribution in [-0.2, 0) is 9.59 Å². The number of fused-ring (bicyclic) bond motifs is 2. The van der Waals surface area contributed by atoms with E-state index in [-0.39, 0.29) is 55.5 Å². The van der Waals surface area contributed by atoms with E-state index in [4.69, 9.17) is 10.5 Å². The number of halogens is 2. The molecule has 2 saturated heterocycles. The lowest BCUT2D eigenvalue weighted by Gasteiger charge is -2.45. The summed E-state index contributed by atoms with van der Waals surface area (Å²) >= 11 is 0. The number of nitrogens with two attached hydrogens (primary N) is 1. The molecule has 3 fully saturated rings. The van der Waals surface area contributed by atoms with Gasteiger partial charge in [-0.25, -0.2) is 8.78 Å². The molecule has 1 aliphatic carbocycles. The second-order valence-electron chi connectivity index (χ2n) is 10.3. The van der Waals surface area contributed by atoms with Gasteiger partial charge in [0.15, 0.2) is 0 Å². The summed E-state index contributed by atoms with van der Waals surface area (Å²) in [6, 6.07) is 6.21. The molecule has 2 amide bonds. The number of rotatable bonds is 4. The first kappa shape index (κ1) is 23.5. The lowest BCUT2D eigenvalue weighted by Crippen LogP contribution is -2.65. The highest BCUT2D eigenvalue weighted by molar-refractivity contribution is 5.90. The molecule has 7 nitrogen and oxygen atoms in total. The number of hydrogen-bond acceptors (Lipinski definition) is 5. The number of carbonyl (C=O) groups is 2. The number of para-hydroxylation sites is 1. The zero-order valence-corrected chi connectivity index (χ0v) is 19.4. The first-order chi connectivity index (χ1) is 16.3. The average Bonchev–Trinajstić information content (AvgIpc) is 3.30. The smallest absolute Gasteiger partial charge is 0.248 e. The third-order valence-corrected chi connectivity index (χ3v) is 8.11. The van der Waals surface area contributed by atoms with Gasteiger partial charge < -0.3 is 20.7 Å². The molecule has 186 valence electrons. The van der Waals surface area contributed by atoms with Gasteiger partial charge in [0.1, 0.15) is 11.8 Å². The first-order valence-corrected chi connectivity index (χ1v) is 12.5. The Bertz CT molecular complexity index is 919. The number of nitrogens with zero attached hydrogens (tertiary/aromatic N) is 2. The molecule has 0 aromatic heterocycles. The van der Waals surface area contributed by atoms with Crippen LogP contribution in [0.2, 0.25) is 0 Å². The average molecular weight is 477 g/mol. The van der Waals surface area contributed by atoms with Gasteiger partial charge in [0.2, 0.25) is 17.7 Å². The van der Waals surface area contributed by atoms with Crippen LogP contribution in [0.3, 0.4) is 0 Å². The molecular formula is C25H34F2N4O3. The molecule has 1 saturated carbocycles. The Balaban J connectivity index is 1.32. The molecule has 1 aromatic carbocycles. The molecule has 9 heteroatoms. The fraction of sp³-hybridized carbons (Fsp3) is 0.680. The summed E-state index contributed by atoms with van der Waals surface area (Å²) in [4.78, 5) is 31.0. The van der Waals surface area contributed by atoms with Crippen LogP contribution in [0, 0.1) is 5.92 Å². The number of amides is 2. The summed E-state index contributed by atoms with van der Waals surface area (Å²) in [5.41, 5.74) is 7.30. The van der Waals surface area contributed by atoms with Crippen molar-refractivity contribution in [3.8, 4) is 5.75 Å². The summed E-state index contributed by atoms with van der Waals surface area (Å²) in [6.07, 6.45) is 2.68. The van der Waals surface area contributed by atoms with Gasteiger partial charge in [0.05, 0.1) is 18.7 Å². The number of alkyl halides is 2. The number of piperazine rings is 1. The van der Waals surface area contributed by atoms with Crippen molar-refractivity contribution < 1.29 is 23.1 Å². The van der Waals surface area contributed by atoms with Crippen LogP contribution >= 0.6 is 0 Å². The van der Waals surface area contributed by atoms with E-state index in [1.807, 2.05) is 24.3 Å². The molecule has 4 atom stereocenters. The van der Waals surface area contributed by atoms with Gasteiger partial charge in [-0.05, 0) is 44.2 Å². The van der Waals surface area contributed by atoms with Gasteiger partial charge in [-0.15, -0.1) is 0 Å². The quantitative estimate of drug-likeness (QED) is 0.697. The summed E-state index contributed by atoms with van der Waals surface area (Å²) in [5.74, 6) is -2.65. The summed E-state index contributed by atoms with van der Waals surface area (Å²) in [5, 5.41) is 3.16. The van der Waals surface area contributed by atoms with E-state index in [0.717, 1.165) is 30.7 Å². The lowest BCUT2D eigenvalue weighted by molar-refractivity contribution is -0.148. The Kier molecular flexibility index (Phi) is 6.50. The molecule has 3 N–H and O–H groups in total. The largest absolute Gasteiger partial charge is 0.493 e. The normalized spacial score (nSPS) is 30.1. The molecule has 34 heavy (non-hydrogen) atoms. The Labute approximate surface area is 199 Å². The molecule has 0 unspecified atom stereocenters. The summed E-state index contributed by atoms with van der Waals surface area (Å²) in [7, 11) is 0. The molecular weight excluding hydrogens is 442 g/mol. The fourth-order valence-electron chi connectivity index (χ4n) is 6.06. The minimum absolute atomic E-state index is 0.181. The third-order valence-electron chi connectivity index (χ3n) is 8.11. The van der Waals surface area contributed by atoms with E-state index in [1.54, 1.807) is 4.90 Å².